The van der Waals surface area contributed by atoms with Crippen molar-refractivity contribution in [3.8, 4) is 0 Å². The molecule has 0 N–H and O–H groups in total. The Morgan fingerprint density at radius 3 is 1.78 bits per heavy atom. The van der Waals surface area contributed by atoms with Crippen molar-refractivity contribution in [2.45, 2.75) is 33.8 Å². The molecule has 1 heteroatoms. The van der Waals surface area contributed by atoms with Gasteiger partial charge in [-0.2, -0.15) is 0 Å². The Bertz CT molecular complexity index is 110. The highest BCUT2D eigenvalue weighted by atomic mass is 16.5. The zero-order valence-electron chi connectivity index (χ0n) is 6.99. The third-order valence-electron chi connectivity index (χ3n) is 1.75. The van der Waals surface area contributed by atoms with Crippen LogP contribution in [0.3, 0.4) is 0 Å². The van der Waals surface area contributed by atoms with Gasteiger partial charge >= 0.3 is 0 Å². The maximum atomic E-state index is 5.12. The van der Waals surface area contributed by atoms with Crippen LogP contribution in [0.2, 0.25) is 0 Å². The second-order valence-electron chi connectivity index (χ2n) is 2.56. The van der Waals surface area contributed by atoms with Crippen molar-refractivity contribution >= 4 is 0 Å². The average Bonchev–Trinajstić information content (AvgIpc) is 1.84. The molecule has 0 saturated heterocycles. The molecule has 1 nitrogen and oxygen atoms in total. The molecular weight excluding hydrogens is 112 g/mol. The number of hydrogen-bond donors (Lipinski definition) is 0. The largest absolute Gasteiger partial charge is 0.377 e. The highest BCUT2D eigenvalue weighted by molar-refractivity contribution is 5.10. The zero-order valence-corrected chi connectivity index (χ0v) is 6.99. The first-order valence-corrected chi connectivity index (χ1v) is 3.26. The van der Waals surface area contributed by atoms with Gasteiger partial charge in [-0.05, 0) is 33.3 Å². The molecule has 0 rings (SSSR count). The molecule has 1 unspecified atom stereocenters. The van der Waals surface area contributed by atoms with Gasteiger partial charge in [-0.25, -0.2) is 0 Å². The average molecular weight is 128 g/mol. The van der Waals surface area contributed by atoms with Crippen molar-refractivity contribution in [3.05, 3.63) is 11.1 Å². The molecule has 9 heavy (non-hydrogen) atoms. The van der Waals surface area contributed by atoms with E-state index >= 15 is 0 Å². The summed E-state index contributed by atoms with van der Waals surface area (Å²) in [5, 5.41) is 0. The number of ether oxygens (including phenoxy) is 1. The summed E-state index contributed by atoms with van der Waals surface area (Å²) in [6.07, 6.45) is 0.273. The van der Waals surface area contributed by atoms with E-state index in [2.05, 4.69) is 27.7 Å². The van der Waals surface area contributed by atoms with E-state index in [9.17, 15) is 0 Å². The van der Waals surface area contributed by atoms with Crippen LogP contribution in [0, 0.1) is 0 Å². The molecule has 0 heterocycles. The zero-order chi connectivity index (χ0) is 7.44. The van der Waals surface area contributed by atoms with Gasteiger partial charge in [0.15, 0.2) is 0 Å². The maximum Gasteiger partial charge on any atom is 0.0752 e. The summed E-state index contributed by atoms with van der Waals surface area (Å²) in [5.41, 5.74) is 2.68. The molecule has 0 amide bonds. The number of allylic oxidation sites excluding steroid dienone is 1. The van der Waals surface area contributed by atoms with Gasteiger partial charge in [-0.15, -0.1) is 0 Å². The molecule has 0 saturated carbocycles. The predicted octanol–water partition coefficient (Wildman–Crippen LogP) is 2.38. The van der Waals surface area contributed by atoms with E-state index in [0.717, 1.165) is 0 Å². The van der Waals surface area contributed by atoms with Crippen LogP contribution < -0.4 is 0 Å². The quantitative estimate of drug-likeness (QED) is 0.519. The van der Waals surface area contributed by atoms with Crippen LogP contribution in [0.1, 0.15) is 27.7 Å². The summed E-state index contributed by atoms with van der Waals surface area (Å²) in [4.78, 5) is 0. The lowest BCUT2D eigenvalue weighted by Gasteiger charge is -2.10. The van der Waals surface area contributed by atoms with Crippen LogP contribution in [0.4, 0.5) is 0 Å². The molecule has 0 bridgehead atoms. The van der Waals surface area contributed by atoms with Gasteiger partial charge in [0.05, 0.1) is 6.10 Å². The fourth-order valence-electron chi connectivity index (χ4n) is 0.583. The van der Waals surface area contributed by atoms with Gasteiger partial charge in [0.25, 0.3) is 0 Å². The number of methoxy groups -OCH3 is 1. The molecule has 0 aliphatic carbocycles. The molecule has 0 radical (unpaired) electrons. The monoisotopic (exact) mass is 128 g/mol. The van der Waals surface area contributed by atoms with Crippen molar-refractivity contribution in [1.82, 2.24) is 0 Å². The minimum Gasteiger partial charge on any atom is -0.377 e. The highest BCUT2D eigenvalue weighted by Crippen LogP contribution is 2.08. The van der Waals surface area contributed by atoms with E-state index in [1.807, 2.05) is 0 Å². The summed E-state index contributed by atoms with van der Waals surface area (Å²) >= 11 is 0. The second kappa shape index (κ2) is 3.67. The van der Waals surface area contributed by atoms with Crippen LogP contribution in [-0.2, 0) is 4.74 Å². The minimum absolute atomic E-state index is 0.273. The fraction of sp³-hybridized carbons (Fsp3) is 0.750. The molecule has 0 aromatic heterocycles. The van der Waals surface area contributed by atoms with Crippen molar-refractivity contribution in [2.24, 2.45) is 0 Å². The third kappa shape index (κ3) is 2.66. The van der Waals surface area contributed by atoms with Crippen LogP contribution >= 0.6 is 0 Å². The van der Waals surface area contributed by atoms with Gasteiger partial charge in [-0.3, -0.25) is 0 Å². The fourth-order valence-corrected chi connectivity index (χ4v) is 0.583. The molecule has 54 valence electrons. The molecule has 0 aromatic rings. The van der Waals surface area contributed by atoms with Crippen LogP contribution in [0.25, 0.3) is 0 Å². The van der Waals surface area contributed by atoms with E-state index in [-0.39, 0.29) is 6.10 Å². The van der Waals surface area contributed by atoms with Crippen LogP contribution in [0.15, 0.2) is 11.1 Å². The molecule has 0 aromatic carbocycles. The smallest absolute Gasteiger partial charge is 0.0752 e. The minimum atomic E-state index is 0.273. The summed E-state index contributed by atoms with van der Waals surface area (Å²) in [6, 6.07) is 0. The Kier molecular flexibility index (Phi) is 3.55. The summed E-state index contributed by atoms with van der Waals surface area (Å²) in [5.74, 6) is 0. The Morgan fingerprint density at radius 1 is 1.22 bits per heavy atom. The topological polar surface area (TPSA) is 9.23 Å². The summed E-state index contributed by atoms with van der Waals surface area (Å²) in [6.45, 7) is 8.36. The van der Waals surface area contributed by atoms with E-state index < -0.39 is 0 Å². The Hall–Kier alpha value is -0.300. The van der Waals surface area contributed by atoms with E-state index in [1.54, 1.807) is 7.11 Å². The van der Waals surface area contributed by atoms with E-state index in [0.29, 0.717) is 0 Å². The van der Waals surface area contributed by atoms with Gasteiger partial charge in [0.2, 0.25) is 0 Å². The normalized spacial score (nSPS) is 13.0. The summed E-state index contributed by atoms with van der Waals surface area (Å²) in [7, 11) is 1.73. The highest BCUT2D eigenvalue weighted by Gasteiger charge is 2.01. The van der Waals surface area contributed by atoms with Gasteiger partial charge in [0, 0.05) is 7.11 Å². The molecule has 0 spiro atoms. The first-order chi connectivity index (χ1) is 4.09. The molecular formula is C8H16O. The van der Waals surface area contributed by atoms with Crippen molar-refractivity contribution in [1.29, 1.82) is 0 Å². The van der Waals surface area contributed by atoms with Crippen molar-refractivity contribution in [3.63, 3.8) is 0 Å². The molecule has 0 aliphatic heterocycles. The number of rotatable bonds is 2. The molecule has 0 aliphatic rings. The lowest BCUT2D eigenvalue weighted by atomic mass is 10.1. The number of hydrogen-bond acceptors (Lipinski definition) is 1. The standard InChI is InChI=1S/C8H16O/c1-6(2)7(3)8(4)9-5/h8H,1-5H3. The van der Waals surface area contributed by atoms with Gasteiger partial charge in [0.1, 0.15) is 0 Å². The van der Waals surface area contributed by atoms with Gasteiger partial charge < -0.3 is 4.74 Å². The van der Waals surface area contributed by atoms with E-state index in [4.69, 9.17) is 4.74 Å². The van der Waals surface area contributed by atoms with Crippen molar-refractivity contribution in [2.75, 3.05) is 7.11 Å². The summed E-state index contributed by atoms with van der Waals surface area (Å²) < 4.78 is 5.12. The first kappa shape index (κ1) is 8.70. The lowest BCUT2D eigenvalue weighted by Crippen LogP contribution is -2.06. The van der Waals surface area contributed by atoms with Crippen LogP contribution in [0.5, 0.6) is 0 Å². The predicted molar refractivity (Wildman–Crippen MR) is 40.5 cm³/mol. The Balaban J connectivity index is 4.02. The maximum absolute atomic E-state index is 5.12. The Labute approximate surface area is 57.7 Å². The molecule has 1 atom stereocenters. The SMILES string of the molecule is COC(C)C(C)=C(C)C. The first-order valence-electron chi connectivity index (χ1n) is 3.26. The third-order valence-corrected chi connectivity index (χ3v) is 1.75. The molecule has 0 fully saturated rings. The lowest BCUT2D eigenvalue weighted by molar-refractivity contribution is 0.146. The Morgan fingerprint density at radius 2 is 1.67 bits per heavy atom. The second-order valence-corrected chi connectivity index (χ2v) is 2.56. The van der Waals surface area contributed by atoms with Gasteiger partial charge in [-0.1, -0.05) is 5.57 Å². The van der Waals surface area contributed by atoms with Crippen molar-refractivity contribution < 1.29 is 4.74 Å². The van der Waals surface area contributed by atoms with Crippen LogP contribution in [-0.4, -0.2) is 13.2 Å². The van der Waals surface area contributed by atoms with E-state index in [1.165, 1.54) is 11.1 Å².